The van der Waals surface area contributed by atoms with Crippen LogP contribution in [0.25, 0.3) is 0 Å². The maximum absolute atomic E-state index is 11.1. The highest BCUT2D eigenvalue weighted by atomic mass is 32.1. The van der Waals surface area contributed by atoms with Crippen molar-refractivity contribution in [2.24, 2.45) is 0 Å². The van der Waals surface area contributed by atoms with Gasteiger partial charge in [-0.3, -0.25) is 9.78 Å². The van der Waals surface area contributed by atoms with Gasteiger partial charge in [-0.2, -0.15) is 0 Å². The fourth-order valence-electron chi connectivity index (χ4n) is 1.57. The Hall–Kier alpha value is -1.95. The number of methoxy groups -OCH3 is 1. The number of rotatable bonds is 5. The van der Waals surface area contributed by atoms with Crippen LogP contribution in [-0.2, 0) is 16.0 Å². The van der Waals surface area contributed by atoms with E-state index in [9.17, 15) is 4.79 Å². The monoisotopic (exact) mass is 277 g/mol. The lowest BCUT2D eigenvalue weighted by atomic mass is 10.2. The predicted molar refractivity (Wildman–Crippen MR) is 74.1 cm³/mol. The number of carbonyl (C=O) groups excluding carboxylic acids is 1. The van der Waals surface area contributed by atoms with E-state index in [0.717, 1.165) is 10.8 Å². The largest absolute Gasteiger partial charge is 0.469 e. The average molecular weight is 277 g/mol. The van der Waals surface area contributed by atoms with Crippen molar-refractivity contribution in [2.45, 2.75) is 19.4 Å². The number of aromatic nitrogens is 2. The Bertz CT molecular complexity index is 542. The highest BCUT2D eigenvalue weighted by Gasteiger charge is 2.11. The Labute approximate surface area is 115 Å². The van der Waals surface area contributed by atoms with Crippen LogP contribution in [0.3, 0.4) is 0 Å². The number of pyridine rings is 1. The molecule has 5 nitrogen and oxygen atoms in total. The van der Waals surface area contributed by atoms with Crippen LogP contribution >= 0.6 is 11.3 Å². The summed E-state index contributed by atoms with van der Waals surface area (Å²) < 4.78 is 4.61. The van der Waals surface area contributed by atoms with E-state index in [-0.39, 0.29) is 18.4 Å². The third-order valence-electron chi connectivity index (χ3n) is 2.58. The molecule has 2 aromatic heterocycles. The van der Waals surface area contributed by atoms with Crippen molar-refractivity contribution in [2.75, 3.05) is 12.4 Å². The third kappa shape index (κ3) is 3.75. The van der Waals surface area contributed by atoms with E-state index in [1.807, 2.05) is 30.5 Å². The Balaban J connectivity index is 1.98. The van der Waals surface area contributed by atoms with Crippen molar-refractivity contribution in [3.8, 4) is 0 Å². The molecule has 0 aliphatic rings. The van der Waals surface area contributed by atoms with Crippen molar-refractivity contribution in [1.29, 1.82) is 0 Å². The second kappa shape index (κ2) is 6.29. The molecule has 0 saturated heterocycles. The summed E-state index contributed by atoms with van der Waals surface area (Å²) in [6.45, 7) is 2.02. The number of nitrogens with zero attached hydrogens (tertiary/aromatic N) is 2. The maximum Gasteiger partial charge on any atom is 0.311 e. The molecular weight excluding hydrogens is 262 g/mol. The standard InChI is InChI=1S/C13H15N3O2S/c1-9(11-5-3-4-6-14-11)15-13-16-10(8-19-13)7-12(17)18-2/h3-6,8-9H,7H2,1-2H3,(H,15,16). The van der Waals surface area contributed by atoms with E-state index in [4.69, 9.17) is 0 Å². The molecule has 19 heavy (non-hydrogen) atoms. The van der Waals surface area contributed by atoms with Gasteiger partial charge in [0.1, 0.15) is 0 Å². The van der Waals surface area contributed by atoms with Gasteiger partial charge in [0.05, 0.1) is 31.0 Å². The van der Waals surface area contributed by atoms with Crippen molar-refractivity contribution >= 4 is 22.4 Å². The first kappa shape index (κ1) is 13.5. The molecule has 0 aliphatic heterocycles. The summed E-state index contributed by atoms with van der Waals surface area (Å²) in [4.78, 5) is 19.8. The van der Waals surface area contributed by atoms with E-state index in [1.165, 1.54) is 18.4 Å². The topological polar surface area (TPSA) is 64.1 Å². The molecule has 2 heterocycles. The van der Waals surface area contributed by atoms with E-state index in [0.29, 0.717) is 5.69 Å². The SMILES string of the molecule is COC(=O)Cc1csc(NC(C)c2ccccn2)n1. The minimum Gasteiger partial charge on any atom is -0.469 e. The van der Waals surface area contributed by atoms with Crippen LogP contribution in [0.2, 0.25) is 0 Å². The molecule has 0 fully saturated rings. The molecule has 0 amide bonds. The summed E-state index contributed by atoms with van der Waals surface area (Å²) in [5.74, 6) is -0.283. The molecule has 0 radical (unpaired) electrons. The van der Waals surface area contributed by atoms with Gasteiger partial charge in [-0.1, -0.05) is 6.07 Å². The van der Waals surface area contributed by atoms with Crippen molar-refractivity contribution < 1.29 is 9.53 Å². The van der Waals surface area contributed by atoms with E-state index >= 15 is 0 Å². The van der Waals surface area contributed by atoms with Gasteiger partial charge in [0.25, 0.3) is 0 Å². The third-order valence-corrected chi connectivity index (χ3v) is 3.40. The van der Waals surface area contributed by atoms with Crippen LogP contribution in [0.4, 0.5) is 5.13 Å². The molecule has 6 heteroatoms. The van der Waals surface area contributed by atoms with Gasteiger partial charge in [0.2, 0.25) is 0 Å². The molecule has 0 aromatic carbocycles. The first-order valence-electron chi connectivity index (χ1n) is 5.87. The van der Waals surface area contributed by atoms with Gasteiger partial charge in [0.15, 0.2) is 5.13 Å². The smallest absolute Gasteiger partial charge is 0.311 e. The Morgan fingerprint density at radius 1 is 1.53 bits per heavy atom. The van der Waals surface area contributed by atoms with Gasteiger partial charge in [-0.25, -0.2) is 4.98 Å². The summed E-state index contributed by atoms with van der Waals surface area (Å²) in [7, 11) is 1.37. The summed E-state index contributed by atoms with van der Waals surface area (Å²) in [5.41, 5.74) is 1.67. The maximum atomic E-state index is 11.1. The number of hydrogen-bond donors (Lipinski definition) is 1. The summed E-state index contributed by atoms with van der Waals surface area (Å²) in [6, 6.07) is 5.86. The van der Waals surface area contributed by atoms with Crippen LogP contribution in [0.15, 0.2) is 29.8 Å². The highest BCUT2D eigenvalue weighted by Crippen LogP contribution is 2.21. The number of carbonyl (C=O) groups is 1. The molecule has 0 saturated carbocycles. The van der Waals surface area contributed by atoms with Crippen LogP contribution in [0, 0.1) is 0 Å². The molecule has 1 atom stereocenters. The Kier molecular flexibility index (Phi) is 4.46. The van der Waals surface area contributed by atoms with Crippen LogP contribution in [0.5, 0.6) is 0 Å². The molecule has 2 rings (SSSR count). The normalized spacial score (nSPS) is 11.9. The second-order valence-corrected chi connectivity index (χ2v) is 4.88. The molecule has 0 bridgehead atoms. The van der Waals surface area contributed by atoms with Crippen LogP contribution < -0.4 is 5.32 Å². The fourth-order valence-corrected chi connectivity index (χ4v) is 2.36. The Morgan fingerprint density at radius 3 is 3.05 bits per heavy atom. The van der Waals surface area contributed by atoms with Gasteiger partial charge >= 0.3 is 5.97 Å². The number of hydrogen-bond acceptors (Lipinski definition) is 6. The van der Waals surface area contributed by atoms with Crippen LogP contribution in [0.1, 0.15) is 24.4 Å². The number of ether oxygens (including phenoxy) is 1. The lowest BCUT2D eigenvalue weighted by Gasteiger charge is -2.11. The zero-order valence-electron chi connectivity index (χ0n) is 10.8. The van der Waals surface area contributed by atoms with Gasteiger partial charge < -0.3 is 10.1 Å². The number of esters is 1. The predicted octanol–water partition coefficient (Wildman–Crippen LogP) is 2.43. The highest BCUT2D eigenvalue weighted by molar-refractivity contribution is 7.13. The Morgan fingerprint density at radius 2 is 2.37 bits per heavy atom. The van der Waals surface area contributed by atoms with Gasteiger partial charge in [0, 0.05) is 11.6 Å². The summed E-state index contributed by atoms with van der Waals surface area (Å²) in [6.07, 6.45) is 1.96. The van der Waals surface area contributed by atoms with Crippen molar-refractivity contribution in [3.05, 3.63) is 41.2 Å². The van der Waals surface area contributed by atoms with E-state index < -0.39 is 0 Å². The lowest BCUT2D eigenvalue weighted by molar-refractivity contribution is -0.139. The first-order valence-corrected chi connectivity index (χ1v) is 6.75. The summed E-state index contributed by atoms with van der Waals surface area (Å²) in [5, 5.41) is 5.89. The minimum absolute atomic E-state index is 0.0679. The van der Waals surface area contributed by atoms with E-state index in [2.05, 4.69) is 20.0 Å². The lowest BCUT2D eigenvalue weighted by Crippen LogP contribution is -2.08. The number of anilines is 1. The average Bonchev–Trinajstić information content (AvgIpc) is 2.86. The fraction of sp³-hybridized carbons (Fsp3) is 0.308. The molecule has 2 aromatic rings. The molecule has 1 N–H and O–H groups in total. The van der Waals surface area contributed by atoms with Gasteiger partial charge in [-0.15, -0.1) is 11.3 Å². The van der Waals surface area contributed by atoms with Crippen molar-refractivity contribution in [3.63, 3.8) is 0 Å². The molecule has 0 aliphatic carbocycles. The zero-order valence-corrected chi connectivity index (χ0v) is 11.6. The van der Waals surface area contributed by atoms with Gasteiger partial charge in [-0.05, 0) is 19.1 Å². The molecular formula is C13H15N3O2S. The molecule has 0 spiro atoms. The van der Waals surface area contributed by atoms with E-state index in [1.54, 1.807) is 6.20 Å². The number of nitrogens with one attached hydrogen (secondary N) is 1. The summed E-state index contributed by atoms with van der Waals surface area (Å²) >= 11 is 1.47. The first-order chi connectivity index (χ1) is 9.19. The minimum atomic E-state index is -0.283. The quantitative estimate of drug-likeness (QED) is 0.850. The molecule has 1 unspecified atom stereocenters. The van der Waals surface area contributed by atoms with Crippen LogP contribution in [-0.4, -0.2) is 23.0 Å². The second-order valence-electron chi connectivity index (χ2n) is 4.02. The van der Waals surface area contributed by atoms with Crippen molar-refractivity contribution in [1.82, 2.24) is 9.97 Å². The number of thiazole rings is 1. The zero-order chi connectivity index (χ0) is 13.7. The molecule has 100 valence electrons.